The monoisotopic (exact) mass is 351 g/mol. The summed E-state index contributed by atoms with van der Waals surface area (Å²) in [5.74, 6) is 0.370. The lowest BCUT2D eigenvalue weighted by atomic mass is 9.97. The van der Waals surface area contributed by atoms with Gasteiger partial charge in [-0.3, -0.25) is 9.48 Å². The molecule has 26 heavy (non-hydrogen) atoms. The summed E-state index contributed by atoms with van der Waals surface area (Å²) in [5.41, 5.74) is 8.60. The van der Waals surface area contributed by atoms with E-state index in [0.29, 0.717) is 0 Å². The largest absolute Gasteiger partial charge is 0.368 e. The van der Waals surface area contributed by atoms with Crippen molar-refractivity contribution < 1.29 is 4.79 Å². The van der Waals surface area contributed by atoms with Crippen LogP contribution in [0.3, 0.4) is 0 Å². The maximum atomic E-state index is 11.0. The minimum atomic E-state index is -0.388. The molecule has 0 saturated carbocycles. The van der Waals surface area contributed by atoms with Gasteiger partial charge in [0.2, 0.25) is 5.91 Å². The lowest BCUT2D eigenvalue weighted by Gasteiger charge is -2.29. The molecule has 0 aliphatic carbocycles. The van der Waals surface area contributed by atoms with E-state index in [1.165, 1.54) is 36.8 Å². The first-order valence-corrected chi connectivity index (χ1v) is 9.17. The number of rotatable bonds is 5. The summed E-state index contributed by atoms with van der Waals surface area (Å²) < 4.78 is 3.96. The standard InChI is InChI=1S/C20H25N5O/c1-23-7-4-15(5-8-23)12-24-9-6-17-10-16(2-3-19(17)24)18-11-22-25(13-18)14-20(21)26/h2-3,6,9-11,13,15H,4-5,7-8,12,14H2,1H3,(H2,21,26). The van der Waals surface area contributed by atoms with Crippen LogP contribution in [-0.4, -0.2) is 45.3 Å². The molecule has 0 bridgehead atoms. The summed E-state index contributed by atoms with van der Waals surface area (Å²) >= 11 is 0. The molecular formula is C20H25N5O. The van der Waals surface area contributed by atoms with E-state index < -0.39 is 0 Å². The van der Waals surface area contributed by atoms with Gasteiger partial charge in [-0.1, -0.05) is 6.07 Å². The molecule has 1 saturated heterocycles. The fourth-order valence-electron chi connectivity index (χ4n) is 3.82. The number of carbonyl (C=O) groups excluding carboxylic acids is 1. The first-order valence-electron chi connectivity index (χ1n) is 9.17. The highest BCUT2D eigenvalue weighted by Gasteiger charge is 2.17. The summed E-state index contributed by atoms with van der Waals surface area (Å²) in [6, 6.07) is 8.68. The molecular weight excluding hydrogens is 326 g/mol. The molecule has 6 nitrogen and oxygen atoms in total. The highest BCUT2D eigenvalue weighted by Crippen LogP contribution is 2.27. The fraction of sp³-hybridized carbons (Fsp3) is 0.400. The molecule has 2 N–H and O–H groups in total. The van der Waals surface area contributed by atoms with Crippen molar-refractivity contribution in [3.05, 3.63) is 42.9 Å². The van der Waals surface area contributed by atoms with Gasteiger partial charge in [-0.05, 0) is 62.7 Å². The molecule has 1 fully saturated rings. The number of carbonyl (C=O) groups is 1. The Kier molecular flexibility index (Phi) is 4.51. The third kappa shape index (κ3) is 3.51. The van der Waals surface area contributed by atoms with Gasteiger partial charge in [-0.15, -0.1) is 0 Å². The maximum absolute atomic E-state index is 11.0. The highest BCUT2D eigenvalue weighted by molar-refractivity contribution is 5.85. The number of piperidine rings is 1. The summed E-state index contributed by atoms with van der Waals surface area (Å²) in [7, 11) is 2.20. The number of amides is 1. The predicted molar refractivity (Wildman–Crippen MR) is 103 cm³/mol. The van der Waals surface area contributed by atoms with E-state index in [2.05, 4.69) is 52.1 Å². The number of likely N-dealkylation sites (tertiary alicyclic amines) is 1. The van der Waals surface area contributed by atoms with Gasteiger partial charge in [0, 0.05) is 35.4 Å². The average molecular weight is 351 g/mol. The average Bonchev–Trinajstić information content (AvgIpc) is 3.23. The normalized spacial score (nSPS) is 16.3. The molecule has 0 unspecified atom stereocenters. The summed E-state index contributed by atoms with van der Waals surface area (Å²) in [5, 5.41) is 5.44. The first kappa shape index (κ1) is 16.8. The minimum Gasteiger partial charge on any atom is -0.368 e. The first-order chi connectivity index (χ1) is 12.6. The van der Waals surface area contributed by atoms with Crippen LogP contribution in [0.5, 0.6) is 0 Å². The van der Waals surface area contributed by atoms with Crippen molar-refractivity contribution in [3.63, 3.8) is 0 Å². The van der Waals surface area contributed by atoms with Gasteiger partial charge in [-0.25, -0.2) is 0 Å². The van der Waals surface area contributed by atoms with Crippen LogP contribution < -0.4 is 5.73 Å². The molecule has 1 aromatic carbocycles. The Morgan fingerprint density at radius 3 is 2.81 bits per heavy atom. The smallest absolute Gasteiger partial charge is 0.239 e. The van der Waals surface area contributed by atoms with E-state index in [0.717, 1.165) is 23.6 Å². The Morgan fingerprint density at radius 1 is 1.23 bits per heavy atom. The minimum absolute atomic E-state index is 0.106. The lowest BCUT2D eigenvalue weighted by Crippen LogP contribution is -2.31. The molecule has 6 heteroatoms. The lowest BCUT2D eigenvalue weighted by molar-refractivity contribution is -0.118. The van der Waals surface area contributed by atoms with Crippen molar-refractivity contribution in [3.8, 4) is 11.1 Å². The van der Waals surface area contributed by atoms with E-state index in [1.54, 1.807) is 10.9 Å². The maximum Gasteiger partial charge on any atom is 0.239 e. The Bertz CT molecular complexity index is 917. The van der Waals surface area contributed by atoms with Crippen LogP contribution in [0.4, 0.5) is 0 Å². The van der Waals surface area contributed by atoms with Crippen LogP contribution in [0.25, 0.3) is 22.0 Å². The molecule has 1 amide bonds. The zero-order valence-electron chi connectivity index (χ0n) is 15.1. The second kappa shape index (κ2) is 6.96. The Labute approximate surface area is 153 Å². The third-order valence-corrected chi connectivity index (χ3v) is 5.35. The number of hydrogen-bond acceptors (Lipinski definition) is 3. The molecule has 4 rings (SSSR count). The van der Waals surface area contributed by atoms with Crippen molar-refractivity contribution in [1.82, 2.24) is 19.2 Å². The number of primary amides is 1. The van der Waals surface area contributed by atoms with Crippen LogP contribution in [-0.2, 0) is 17.9 Å². The van der Waals surface area contributed by atoms with Crippen LogP contribution in [0, 0.1) is 5.92 Å². The highest BCUT2D eigenvalue weighted by atomic mass is 16.1. The van der Waals surface area contributed by atoms with Crippen LogP contribution in [0.2, 0.25) is 0 Å². The summed E-state index contributed by atoms with van der Waals surface area (Å²) in [6.45, 7) is 3.59. The van der Waals surface area contributed by atoms with Gasteiger partial charge in [0.05, 0.1) is 6.20 Å². The number of nitrogens with zero attached hydrogens (tertiary/aromatic N) is 4. The Balaban J connectivity index is 1.53. The van der Waals surface area contributed by atoms with Gasteiger partial charge < -0.3 is 15.2 Å². The number of fused-ring (bicyclic) bond motifs is 1. The molecule has 0 atom stereocenters. The van der Waals surface area contributed by atoms with Crippen molar-refractivity contribution in [2.24, 2.45) is 11.7 Å². The van der Waals surface area contributed by atoms with Crippen LogP contribution in [0.15, 0.2) is 42.9 Å². The quantitative estimate of drug-likeness (QED) is 0.767. The second-order valence-corrected chi connectivity index (χ2v) is 7.38. The Morgan fingerprint density at radius 2 is 2.04 bits per heavy atom. The predicted octanol–water partition coefficient (Wildman–Crippen LogP) is 2.33. The molecule has 136 valence electrons. The number of hydrogen-bond donors (Lipinski definition) is 1. The number of aromatic nitrogens is 3. The van der Waals surface area contributed by atoms with Crippen LogP contribution >= 0.6 is 0 Å². The van der Waals surface area contributed by atoms with Gasteiger partial charge in [-0.2, -0.15) is 5.10 Å². The van der Waals surface area contributed by atoms with Crippen molar-refractivity contribution in [2.75, 3.05) is 20.1 Å². The molecule has 3 aromatic rings. The van der Waals surface area contributed by atoms with E-state index in [-0.39, 0.29) is 12.5 Å². The van der Waals surface area contributed by atoms with Gasteiger partial charge in [0.1, 0.15) is 6.54 Å². The second-order valence-electron chi connectivity index (χ2n) is 7.38. The van der Waals surface area contributed by atoms with E-state index in [4.69, 9.17) is 5.73 Å². The molecule has 0 radical (unpaired) electrons. The summed E-state index contributed by atoms with van der Waals surface area (Å²) in [6.07, 6.45) is 8.38. The van der Waals surface area contributed by atoms with Crippen molar-refractivity contribution in [1.29, 1.82) is 0 Å². The fourth-order valence-corrected chi connectivity index (χ4v) is 3.82. The Hall–Kier alpha value is -2.60. The van der Waals surface area contributed by atoms with E-state index in [9.17, 15) is 4.79 Å². The van der Waals surface area contributed by atoms with Crippen LogP contribution in [0.1, 0.15) is 12.8 Å². The third-order valence-electron chi connectivity index (χ3n) is 5.35. The number of nitrogens with two attached hydrogens (primary N) is 1. The molecule has 0 spiro atoms. The van der Waals surface area contributed by atoms with Crippen molar-refractivity contribution >= 4 is 16.8 Å². The number of benzene rings is 1. The van der Waals surface area contributed by atoms with Gasteiger partial charge >= 0.3 is 0 Å². The zero-order chi connectivity index (χ0) is 18.1. The van der Waals surface area contributed by atoms with Gasteiger partial charge in [0.15, 0.2) is 0 Å². The zero-order valence-corrected chi connectivity index (χ0v) is 15.1. The molecule has 1 aliphatic rings. The van der Waals surface area contributed by atoms with Crippen molar-refractivity contribution in [2.45, 2.75) is 25.9 Å². The summed E-state index contributed by atoms with van der Waals surface area (Å²) in [4.78, 5) is 13.4. The van der Waals surface area contributed by atoms with Gasteiger partial charge in [0.25, 0.3) is 0 Å². The SMILES string of the molecule is CN1CCC(Cn2ccc3cc(-c4cnn(CC(N)=O)c4)ccc32)CC1. The molecule has 2 aromatic heterocycles. The van der Waals surface area contributed by atoms with E-state index >= 15 is 0 Å². The van der Waals surface area contributed by atoms with E-state index in [1.807, 2.05) is 6.20 Å². The molecule has 3 heterocycles. The topological polar surface area (TPSA) is 69.1 Å². The molecule has 1 aliphatic heterocycles.